The zero-order valence-electron chi connectivity index (χ0n) is 40.8. The first kappa shape index (κ1) is 43.3. The Hall–Kier alpha value is -6.00. The van der Waals surface area contributed by atoms with E-state index in [0.717, 1.165) is 5.69 Å². The monoisotopic (exact) mass is 840 g/mol. The molecule has 0 N–H and O–H groups in total. The molecule has 0 bridgehead atoms. The van der Waals surface area contributed by atoms with Crippen LogP contribution < -0.4 is 31.1 Å². The number of hydrogen-bond acceptors (Lipinski definition) is 3. The van der Waals surface area contributed by atoms with Gasteiger partial charge in [0, 0.05) is 45.5 Å². The third-order valence-electron chi connectivity index (χ3n) is 13.7. The van der Waals surface area contributed by atoms with Crippen molar-refractivity contribution in [2.24, 2.45) is 0 Å². The first-order chi connectivity index (χ1) is 30.1. The molecule has 0 unspecified atom stereocenters. The average molecular weight is 840 g/mol. The summed E-state index contributed by atoms with van der Waals surface area (Å²) in [7, 11) is 0. The quantitative estimate of drug-likeness (QED) is 0.160. The van der Waals surface area contributed by atoms with Gasteiger partial charge in [-0.15, -0.1) is 0 Å². The van der Waals surface area contributed by atoms with Crippen LogP contribution in [0.25, 0.3) is 0 Å². The van der Waals surface area contributed by atoms with Crippen LogP contribution in [0.1, 0.15) is 116 Å². The Labute approximate surface area is 384 Å². The van der Waals surface area contributed by atoms with E-state index in [9.17, 15) is 0 Å². The van der Waals surface area contributed by atoms with Gasteiger partial charge in [0.1, 0.15) is 0 Å². The van der Waals surface area contributed by atoms with Crippen molar-refractivity contribution in [2.45, 2.75) is 119 Å². The molecule has 0 radical (unpaired) electrons. The van der Waals surface area contributed by atoms with E-state index in [1.54, 1.807) is 0 Å². The fourth-order valence-corrected chi connectivity index (χ4v) is 9.85. The van der Waals surface area contributed by atoms with Gasteiger partial charge in [0.2, 0.25) is 0 Å². The van der Waals surface area contributed by atoms with Gasteiger partial charge in [-0.25, -0.2) is 0 Å². The zero-order chi connectivity index (χ0) is 45.7. The Morgan fingerprint density at radius 2 is 0.750 bits per heavy atom. The molecule has 0 aromatic heterocycles. The van der Waals surface area contributed by atoms with E-state index in [2.05, 4.69) is 257 Å². The van der Waals surface area contributed by atoms with E-state index >= 15 is 0 Å². The van der Waals surface area contributed by atoms with Crippen LogP contribution in [-0.2, 0) is 21.7 Å². The van der Waals surface area contributed by atoms with Gasteiger partial charge in [-0.1, -0.05) is 168 Å². The summed E-state index contributed by atoms with van der Waals surface area (Å²) in [6.07, 6.45) is 0. The third-order valence-corrected chi connectivity index (χ3v) is 13.7. The summed E-state index contributed by atoms with van der Waals surface area (Å²) < 4.78 is 0. The maximum Gasteiger partial charge on any atom is 0.252 e. The molecule has 324 valence electrons. The van der Waals surface area contributed by atoms with E-state index < -0.39 is 0 Å². The number of aryl methyl sites for hydroxylation is 2. The fraction of sp³-hybridized carbons (Fsp3) is 0.300. The predicted molar refractivity (Wildman–Crippen MR) is 279 cm³/mol. The molecule has 0 spiro atoms. The van der Waals surface area contributed by atoms with Crippen molar-refractivity contribution in [1.82, 2.24) is 0 Å². The van der Waals surface area contributed by atoms with Crippen molar-refractivity contribution < 1.29 is 0 Å². The van der Waals surface area contributed by atoms with Crippen LogP contribution in [-0.4, -0.2) is 6.71 Å². The van der Waals surface area contributed by atoms with E-state index in [-0.39, 0.29) is 28.4 Å². The molecule has 0 saturated carbocycles. The molecule has 0 amide bonds. The van der Waals surface area contributed by atoms with Gasteiger partial charge in [-0.05, 0) is 146 Å². The molecule has 9 rings (SSSR count). The molecular formula is C60H66BN3. The van der Waals surface area contributed by atoms with Gasteiger partial charge in [0.05, 0.1) is 5.69 Å². The van der Waals surface area contributed by atoms with Crippen LogP contribution in [0.5, 0.6) is 0 Å². The highest BCUT2D eigenvalue weighted by atomic mass is 15.2. The van der Waals surface area contributed by atoms with Crippen LogP contribution in [0.3, 0.4) is 0 Å². The van der Waals surface area contributed by atoms with E-state index in [0.29, 0.717) is 0 Å². The van der Waals surface area contributed by atoms with Crippen molar-refractivity contribution >= 4 is 74.3 Å². The van der Waals surface area contributed by atoms with Crippen molar-refractivity contribution in [3.8, 4) is 0 Å². The lowest BCUT2D eigenvalue weighted by molar-refractivity contribution is 0.589. The summed E-state index contributed by atoms with van der Waals surface area (Å²) in [6.45, 7) is 32.4. The van der Waals surface area contributed by atoms with Crippen LogP contribution in [0.15, 0.2) is 146 Å². The van der Waals surface area contributed by atoms with Crippen LogP contribution >= 0.6 is 0 Å². The Morgan fingerprint density at radius 1 is 0.375 bits per heavy atom. The summed E-state index contributed by atoms with van der Waals surface area (Å²) in [5.74, 6) is 0. The molecule has 0 fully saturated rings. The second-order valence-corrected chi connectivity index (χ2v) is 22.6. The molecular weight excluding hydrogens is 773 g/mol. The Morgan fingerprint density at radius 3 is 1.12 bits per heavy atom. The third kappa shape index (κ3) is 7.53. The van der Waals surface area contributed by atoms with Crippen LogP contribution in [0, 0.1) is 13.8 Å². The van der Waals surface area contributed by atoms with Gasteiger partial charge in [0.15, 0.2) is 0 Å². The molecule has 2 aliphatic heterocycles. The molecule has 4 heteroatoms. The molecule has 0 saturated heterocycles. The van der Waals surface area contributed by atoms with Gasteiger partial charge >= 0.3 is 0 Å². The molecule has 0 atom stereocenters. The van der Waals surface area contributed by atoms with Crippen molar-refractivity contribution in [3.63, 3.8) is 0 Å². The number of nitrogens with zero attached hydrogens (tertiary/aromatic N) is 3. The minimum Gasteiger partial charge on any atom is -0.311 e. The summed E-state index contributed by atoms with van der Waals surface area (Å²) >= 11 is 0. The summed E-state index contributed by atoms with van der Waals surface area (Å²) in [5, 5.41) is 0. The van der Waals surface area contributed by atoms with E-state index in [4.69, 9.17) is 0 Å². The van der Waals surface area contributed by atoms with Crippen LogP contribution in [0.2, 0.25) is 0 Å². The summed E-state index contributed by atoms with van der Waals surface area (Å²) in [4.78, 5) is 7.71. The molecule has 2 heterocycles. The Kier molecular flexibility index (Phi) is 10.4. The van der Waals surface area contributed by atoms with Gasteiger partial charge < -0.3 is 14.7 Å². The summed E-state index contributed by atoms with van der Waals surface area (Å²) in [5.41, 5.74) is 22.2. The number of hydrogen-bond donors (Lipinski definition) is 0. The molecule has 3 nitrogen and oxygen atoms in total. The average Bonchev–Trinajstić information content (AvgIpc) is 3.23. The van der Waals surface area contributed by atoms with Gasteiger partial charge in [-0.3, -0.25) is 0 Å². The highest BCUT2D eigenvalue weighted by Gasteiger charge is 2.45. The Balaban J connectivity index is 1.47. The molecule has 64 heavy (non-hydrogen) atoms. The number of fused-ring (bicyclic) bond motifs is 4. The van der Waals surface area contributed by atoms with E-state index in [1.807, 2.05) is 0 Å². The predicted octanol–water partition coefficient (Wildman–Crippen LogP) is 15.0. The zero-order valence-corrected chi connectivity index (χ0v) is 40.8. The second-order valence-electron chi connectivity index (χ2n) is 22.6. The number of anilines is 9. The lowest BCUT2D eigenvalue weighted by Crippen LogP contribution is -2.61. The smallest absolute Gasteiger partial charge is 0.252 e. The number of rotatable bonds is 5. The summed E-state index contributed by atoms with van der Waals surface area (Å²) in [6, 6.07) is 56.0. The largest absolute Gasteiger partial charge is 0.311 e. The Bertz CT molecular complexity index is 2740. The van der Waals surface area contributed by atoms with Gasteiger partial charge in [-0.2, -0.15) is 0 Å². The first-order valence-electron chi connectivity index (χ1n) is 23.3. The van der Waals surface area contributed by atoms with E-state index in [1.165, 1.54) is 95.3 Å². The van der Waals surface area contributed by atoms with Crippen molar-refractivity contribution in [3.05, 3.63) is 179 Å². The fourth-order valence-electron chi connectivity index (χ4n) is 9.85. The van der Waals surface area contributed by atoms with Gasteiger partial charge in [0.25, 0.3) is 6.71 Å². The minimum atomic E-state index is -0.0470. The molecule has 7 aromatic rings. The first-order valence-corrected chi connectivity index (χ1v) is 23.3. The highest BCUT2D eigenvalue weighted by molar-refractivity contribution is 7.00. The lowest BCUT2D eigenvalue weighted by atomic mass is 9.33. The van der Waals surface area contributed by atoms with Crippen molar-refractivity contribution in [2.75, 3.05) is 14.7 Å². The maximum atomic E-state index is 2.60. The van der Waals surface area contributed by atoms with Crippen molar-refractivity contribution in [1.29, 1.82) is 0 Å². The molecule has 7 aromatic carbocycles. The SMILES string of the molecule is Cc1ccccc1N(c1cc2c3c(c1)N(c1cccc(C(C)(C)C)c1)c1cc(C(C)(C)C)ccc1B3c1ccc(C(C)(C)C)cc1N2c1cccc(C(C)(C)C)c1)c1ccccc1C. The topological polar surface area (TPSA) is 9.72 Å². The minimum absolute atomic E-state index is 0.00144. The second kappa shape index (κ2) is 15.3. The molecule has 2 aliphatic rings. The van der Waals surface area contributed by atoms with Crippen LogP contribution in [0.4, 0.5) is 51.2 Å². The molecule has 0 aliphatic carbocycles. The number of para-hydroxylation sites is 2. The maximum absolute atomic E-state index is 2.60. The standard InChI is InChI=1S/C60H66BN3/c1-39-21-15-17-27-50(39)64(51-28-18-16-22-40(51)2)47-37-54-56-55(38-47)63(46-26-20-24-42(34-46)58(6,7)8)53-36-44(60(12,13)14)30-32-49(53)61(56)48-31-29-43(59(9,10)11)35-52(48)62(54)45-25-19-23-41(33-45)57(3,4)5/h15-38H,1-14H3. The lowest BCUT2D eigenvalue weighted by Gasteiger charge is -2.46. The number of benzene rings is 7. The normalized spacial score (nSPS) is 13.7. The highest BCUT2D eigenvalue weighted by Crippen LogP contribution is 2.50.